The summed E-state index contributed by atoms with van der Waals surface area (Å²) >= 11 is 0. The average Bonchev–Trinajstić information content (AvgIpc) is 3.04. The lowest BCUT2D eigenvalue weighted by molar-refractivity contribution is 0.130. The number of para-hydroxylation sites is 1. The van der Waals surface area contributed by atoms with E-state index in [1.54, 1.807) is 7.11 Å². The number of methoxy groups -OCH3 is 1. The lowest BCUT2D eigenvalue weighted by Crippen LogP contribution is -2.30. The predicted octanol–water partition coefficient (Wildman–Crippen LogP) is 3.28. The van der Waals surface area contributed by atoms with E-state index in [4.69, 9.17) is 9.47 Å². The minimum atomic E-state index is 0.207. The van der Waals surface area contributed by atoms with E-state index < -0.39 is 0 Å². The zero-order valence-electron chi connectivity index (χ0n) is 14.9. The molecule has 2 aliphatic rings. The fourth-order valence-electron chi connectivity index (χ4n) is 3.48. The first-order valence-corrected chi connectivity index (χ1v) is 8.81. The van der Waals surface area contributed by atoms with Crippen LogP contribution in [0.15, 0.2) is 47.9 Å². The van der Waals surface area contributed by atoms with Gasteiger partial charge >= 0.3 is 0 Å². The van der Waals surface area contributed by atoms with Gasteiger partial charge in [0.15, 0.2) is 5.88 Å². The van der Waals surface area contributed by atoms with E-state index in [0.717, 1.165) is 37.8 Å². The molecule has 1 atom stereocenters. The molecule has 0 saturated carbocycles. The van der Waals surface area contributed by atoms with Crippen molar-refractivity contribution >= 4 is 0 Å². The van der Waals surface area contributed by atoms with Crippen LogP contribution in [0.25, 0.3) is 0 Å². The molecular weight excluding hydrogens is 300 g/mol. The normalized spacial score (nSPS) is 21.2. The Morgan fingerprint density at radius 2 is 2.08 bits per heavy atom. The van der Waals surface area contributed by atoms with Gasteiger partial charge in [0.2, 0.25) is 0 Å². The lowest BCUT2D eigenvalue weighted by atomic mass is 9.97. The number of hydrogen-bond acceptors (Lipinski definition) is 4. The average molecular weight is 328 g/mol. The Morgan fingerprint density at radius 3 is 2.79 bits per heavy atom. The van der Waals surface area contributed by atoms with Crippen LogP contribution in [0.4, 0.5) is 0 Å². The highest BCUT2D eigenvalue weighted by molar-refractivity contribution is 5.37. The summed E-state index contributed by atoms with van der Waals surface area (Å²) in [7, 11) is 1.76. The van der Waals surface area contributed by atoms with Gasteiger partial charge in [0.1, 0.15) is 5.75 Å². The molecule has 130 valence electrons. The van der Waals surface area contributed by atoms with E-state index in [1.165, 1.54) is 17.6 Å². The first-order chi connectivity index (χ1) is 11.7. The van der Waals surface area contributed by atoms with Crippen LogP contribution >= 0.6 is 0 Å². The number of hydrogen-bond donors (Lipinski definition) is 1. The van der Waals surface area contributed by atoms with Gasteiger partial charge in [0.25, 0.3) is 0 Å². The molecule has 1 unspecified atom stereocenters. The summed E-state index contributed by atoms with van der Waals surface area (Å²) in [5, 5.41) is 3.36. The van der Waals surface area contributed by atoms with Crippen LogP contribution in [0.5, 0.6) is 5.75 Å². The fourth-order valence-corrected chi connectivity index (χ4v) is 3.48. The number of ether oxygens (including phenoxy) is 2. The number of rotatable bonds is 6. The number of benzene rings is 1. The second kappa shape index (κ2) is 7.75. The quantitative estimate of drug-likeness (QED) is 0.869. The minimum Gasteiger partial charge on any atom is -0.496 e. The van der Waals surface area contributed by atoms with Crippen LogP contribution in [-0.2, 0) is 4.74 Å². The second-order valence-corrected chi connectivity index (χ2v) is 6.84. The van der Waals surface area contributed by atoms with Crippen LogP contribution < -0.4 is 10.1 Å². The van der Waals surface area contributed by atoms with Crippen molar-refractivity contribution in [1.29, 1.82) is 0 Å². The molecule has 3 rings (SSSR count). The highest BCUT2D eigenvalue weighted by Gasteiger charge is 2.26. The van der Waals surface area contributed by atoms with Gasteiger partial charge in [0, 0.05) is 25.6 Å². The lowest BCUT2D eigenvalue weighted by Gasteiger charge is -2.23. The van der Waals surface area contributed by atoms with Gasteiger partial charge in [-0.3, -0.25) is 4.90 Å². The molecule has 1 N–H and O–H groups in total. The molecule has 0 aromatic heterocycles. The number of nitrogens with one attached hydrogen (secondary N) is 1. The highest BCUT2D eigenvalue weighted by atomic mass is 16.5. The van der Waals surface area contributed by atoms with Crippen LogP contribution in [0.3, 0.4) is 0 Å². The molecule has 4 heteroatoms. The maximum Gasteiger partial charge on any atom is 0.187 e. The molecule has 24 heavy (non-hydrogen) atoms. The maximum absolute atomic E-state index is 5.69. The van der Waals surface area contributed by atoms with Crippen molar-refractivity contribution in [2.75, 3.05) is 33.3 Å². The van der Waals surface area contributed by atoms with E-state index in [1.807, 2.05) is 26.0 Å². The number of allylic oxidation sites excluding steroid dienone is 2. The molecule has 2 heterocycles. The summed E-state index contributed by atoms with van der Waals surface area (Å²) < 4.78 is 11.2. The Bertz CT molecular complexity index is 622. The summed E-state index contributed by atoms with van der Waals surface area (Å²) in [6.45, 7) is 8.21. The molecule has 0 spiro atoms. The Morgan fingerprint density at radius 1 is 1.25 bits per heavy atom. The third kappa shape index (κ3) is 4.12. The topological polar surface area (TPSA) is 33.7 Å². The Balaban J connectivity index is 1.57. The van der Waals surface area contributed by atoms with Gasteiger partial charge in [-0.1, -0.05) is 24.3 Å². The van der Waals surface area contributed by atoms with E-state index in [2.05, 4.69) is 34.5 Å². The molecule has 1 aromatic rings. The summed E-state index contributed by atoms with van der Waals surface area (Å²) in [4.78, 5) is 2.53. The van der Waals surface area contributed by atoms with Gasteiger partial charge in [-0.2, -0.15) is 0 Å². The summed E-state index contributed by atoms with van der Waals surface area (Å²) in [5.41, 5.74) is 2.75. The molecular formula is C20H28N2O2. The van der Waals surface area contributed by atoms with Crippen molar-refractivity contribution in [3.8, 4) is 5.75 Å². The van der Waals surface area contributed by atoms with E-state index in [9.17, 15) is 0 Å². The van der Waals surface area contributed by atoms with Crippen molar-refractivity contribution in [2.45, 2.75) is 32.3 Å². The zero-order valence-corrected chi connectivity index (χ0v) is 14.9. The van der Waals surface area contributed by atoms with Gasteiger partial charge in [-0.25, -0.2) is 0 Å². The highest BCUT2D eigenvalue weighted by Crippen LogP contribution is 2.33. The molecule has 1 saturated heterocycles. The SMILES string of the molecule is COc1ccccc1C1CCN(CC2=CC=C(OC(C)C)NC2)C1. The van der Waals surface area contributed by atoms with Crippen molar-refractivity contribution in [1.82, 2.24) is 10.2 Å². The van der Waals surface area contributed by atoms with Crippen molar-refractivity contribution < 1.29 is 9.47 Å². The smallest absolute Gasteiger partial charge is 0.187 e. The third-order valence-electron chi connectivity index (χ3n) is 4.60. The predicted molar refractivity (Wildman–Crippen MR) is 97.2 cm³/mol. The van der Waals surface area contributed by atoms with Gasteiger partial charge in [-0.15, -0.1) is 0 Å². The van der Waals surface area contributed by atoms with E-state index in [-0.39, 0.29) is 6.10 Å². The number of dihydropyridines is 1. The fraction of sp³-hybridized carbons (Fsp3) is 0.500. The first-order valence-electron chi connectivity index (χ1n) is 8.81. The Hall–Kier alpha value is -1.94. The van der Waals surface area contributed by atoms with Crippen LogP contribution in [0.1, 0.15) is 31.7 Å². The van der Waals surface area contributed by atoms with E-state index >= 15 is 0 Å². The van der Waals surface area contributed by atoms with Crippen LogP contribution in [0.2, 0.25) is 0 Å². The molecule has 0 bridgehead atoms. The molecule has 0 radical (unpaired) electrons. The monoisotopic (exact) mass is 328 g/mol. The molecule has 0 amide bonds. The number of nitrogens with zero attached hydrogens (tertiary/aromatic N) is 1. The minimum absolute atomic E-state index is 0.207. The molecule has 0 aliphatic carbocycles. The second-order valence-electron chi connectivity index (χ2n) is 6.84. The van der Waals surface area contributed by atoms with Gasteiger partial charge in [-0.05, 0) is 50.1 Å². The number of likely N-dealkylation sites (tertiary alicyclic amines) is 1. The molecule has 2 aliphatic heterocycles. The summed E-state index contributed by atoms with van der Waals surface area (Å²) in [5.74, 6) is 2.46. The molecule has 1 fully saturated rings. The van der Waals surface area contributed by atoms with Crippen LogP contribution in [0, 0.1) is 0 Å². The Labute approximate surface area is 145 Å². The first kappa shape index (κ1) is 16.9. The maximum atomic E-state index is 5.69. The summed E-state index contributed by atoms with van der Waals surface area (Å²) in [6, 6.07) is 8.41. The Kier molecular flexibility index (Phi) is 5.46. The van der Waals surface area contributed by atoms with Crippen molar-refractivity contribution in [2.24, 2.45) is 0 Å². The zero-order chi connectivity index (χ0) is 16.9. The van der Waals surface area contributed by atoms with Gasteiger partial charge < -0.3 is 14.8 Å². The van der Waals surface area contributed by atoms with E-state index in [0.29, 0.717) is 5.92 Å². The van der Waals surface area contributed by atoms with Crippen molar-refractivity contribution in [3.05, 3.63) is 53.4 Å². The molecule has 1 aromatic carbocycles. The molecule has 4 nitrogen and oxygen atoms in total. The van der Waals surface area contributed by atoms with Crippen LogP contribution in [-0.4, -0.2) is 44.3 Å². The largest absolute Gasteiger partial charge is 0.496 e. The summed E-state index contributed by atoms with van der Waals surface area (Å²) in [6.07, 6.45) is 5.65. The standard InChI is InChI=1S/C20H28N2O2/c1-15(2)24-20-9-8-16(12-21-20)13-22-11-10-17(14-22)18-6-4-5-7-19(18)23-3/h4-9,15,17,21H,10-14H2,1-3H3. The van der Waals surface area contributed by atoms with Gasteiger partial charge in [0.05, 0.1) is 13.2 Å². The third-order valence-corrected chi connectivity index (χ3v) is 4.60. The van der Waals surface area contributed by atoms with Crippen molar-refractivity contribution in [3.63, 3.8) is 0 Å².